The Morgan fingerprint density at radius 1 is 1.15 bits per heavy atom. The summed E-state index contributed by atoms with van der Waals surface area (Å²) in [5.41, 5.74) is 2.27. The number of hydrogen-bond donors (Lipinski definition) is 1. The van der Waals surface area contributed by atoms with Crippen molar-refractivity contribution in [3.8, 4) is 5.75 Å². The monoisotopic (exact) mass is 276 g/mol. The van der Waals surface area contributed by atoms with Gasteiger partial charge in [-0.1, -0.05) is 12.1 Å². The van der Waals surface area contributed by atoms with Crippen LogP contribution in [0, 0.1) is 13.8 Å². The first-order valence-corrected chi connectivity index (χ1v) is 6.64. The van der Waals surface area contributed by atoms with E-state index in [4.69, 9.17) is 13.9 Å². The molecule has 1 atom stereocenters. The van der Waals surface area contributed by atoms with E-state index < -0.39 is 6.10 Å². The summed E-state index contributed by atoms with van der Waals surface area (Å²) in [5, 5.41) is 9.82. The van der Waals surface area contributed by atoms with Gasteiger partial charge < -0.3 is 19.0 Å². The topological polar surface area (TPSA) is 51.8 Å². The minimum Gasteiger partial charge on any atom is -0.491 e. The van der Waals surface area contributed by atoms with Gasteiger partial charge in [0.1, 0.15) is 30.8 Å². The lowest BCUT2D eigenvalue weighted by atomic mass is 10.1. The summed E-state index contributed by atoms with van der Waals surface area (Å²) in [6, 6.07) is 9.51. The third kappa shape index (κ3) is 4.11. The number of hydrogen-bond acceptors (Lipinski definition) is 4. The number of ether oxygens (including phenoxy) is 2. The van der Waals surface area contributed by atoms with Gasteiger partial charge in [0.05, 0.1) is 12.9 Å². The molecule has 0 saturated heterocycles. The van der Waals surface area contributed by atoms with Crippen molar-refractivity contribution in [2.24, 2.45) is 0 Å². The van der Waals surface area contributed by atoms with Crippen molar-refractivity contribution in [2.75, 3.05) is 13.2 Å². The van der Waals surface area contributed by atoms with Crippen molar-refractivity contribution >= 4 is 0 Å². The third-order valence-electron chi connectivity index (χ3n) is 3.12. The molecule has 1 aromatic heterocycles. The summed E-state index contributed by atoms with van der Waals surface area (Å²) in [6.45, 7) is 4.82. The van der Waals surface area contributed by atoms with Crippen molar-refractivity contribution < 1.29 is 19.0 Å². The molecule has 1 heterocycles. The van der Waals surface area contributed by atoms with Crippen LogP contribution in [-0.2, 0) is 11.3 Å². The molecule has 4 nitrogen and oxygen atoms in total. The highest BCUT2D eigenvalue weighted by atomic mass is 16.5. The molecule has 20 heavy (non-hydrogen) atoms. The fraction of sp³-hybridized carbons (Fsp3) is 0.375. The average Bonchev–Trinajstić information content (AvgIpc) is 2.94. The molecule has 1 unspecified atom stereocenters. The van der Waals surface area contributed by atoms with Gasteiger partial charge in [0, 0.05) is 0 Å². The van der Waals surface area contributed by atoms with Crippen LogP contribution in [0.25, 0.3) is 0 Å². The van der Waals surface area contributed by atoms with E-state index in [1.54, 1.807) is 12.3 Å². The quantitative estimate of drug-likeness (QED) is 0.845. The van der Waals surface area contributed by atoms with Crippen molar-refractivity contribution in [1.29, 1.82) is 0 Å². The van der Waals surface area contributed by atoms with E-state index in [-0.39, 0.29) is 13.2 Å². The molecule has 0 amide bonds. The zero-order valence-corrected chi connectivity index (χ0v) is 11.8. The van der Waals surface area contributed by atoms with E-state index in [0.717, 1.165) is 17.1 Å². The maximum absolute atomic E-state index is 9.82. The molecule has 108 valence electrons. The van der Waals surface area contributed by atoms with Gasteiger partial charge in [-0.15, -0.1) is 0 Å². The van der Waals surface area contributed by atoms with Gasteiger partial charge in [-0.25, -0.2) is 0 Å². The molecule has 0 aliphatic rings. The molecule has 0 aliphatic heterocycles. The van der Waals surface area contributed by atoms with E-state index in [1.807, 2.05) is 38.1 Å². The fourth-order valence-electron chi connectivity index (χ4n) is 1.80. The summed E-state index contributed by atoms with van der Waals surface area (Å²) in [6.07, 6.45) is 0.934. The molecule has 0 radical (unpaired) electrons. The highest BCUT2D eigenvalue weighted by Gasteiger charge is 2.08. The van der Waals surface area contributed by atoms with Gasteiger partial charge in [0.2, 0.25) is 0 Å². The van der Waals surface area contributed by atoms with Crippen LogP contribution in [0.3, 0.4) is 0 Å². The van der Waals surface area contributed by atoms with Crippen LogP contribution in [0.1, 0.15) is 16.9 Å². The number of benzene rings is 1. The second-order valence-electron chi connectivity index (χ2n) is 4.76. The lowest BCUT2D eigenvalue weighted by Crippen LogP contribution is -2.23. The van der Waals surface area contributed by atoms with E-state index in [0.29, 0.717) is 6.61 Å². The zero-order valence-electron chi connectivity index (χ0n) is 11.8. The summed E-state index contributed by atoms with van der Waals surface area (Å²) in [7, 11) is 0. The summed E-state index contributed by atoms with van der Waals surface area (Å²) in [5.74, 6) is 1.54. The Kier molecular flexibility index (Phi) is 5.21. The SMILES string of the molecule is Cc1cccc(OCC(O)COCc2ccco2)c1C. The summed E-state index contributed by atoms with van der Waals surface area (Å²) in [4.78, 5) is 0. The molecule has 0 fully saturated rings. The van der Waals surface area contributed by atoms with E-state index in [9.17, 15) is 5.11 Å². The molecule has 0 spiro atoms. The van der Waals surface area contributed by atoms with Gasteiger partial charge in [-0.05, 0) is 43.2 Å². The third-order valence-corrected chi connectivity index (χ3v) is 3.12. The minimum absolute atomic E-state index is 0.211. The molecule has 2 aromatic rings. The van der Waals surface area contributed by atoms with E-state index in [1.165, 1.54) is 5.56 Å². The standard InChI is InChI=1S/C16H20O4/c1-12-5-3-7-16(13(12)2)20-10-14(17)9-18-11-15-6-4-8-19-15/h3-8,14,17H,9-11H2,1-2H3. The first kappa shape index (κ1) is 14.6. The number of aryl methyl sites for hydroxylation is 1. The lowest BCUT2D eigenvalue weighted by molar-refractivity contribution is 0.000766. The molecule has 2 rings (SSSR count). The van der Waals surface area contributed by atoms with Crippen molar-refractivity contribution in [3.63, 3.8) is 0 Å². The normalized spacial score (nSPS) is 12.3. The van der Waals surface area contributed by atoms with E-state index >= 15 is 0 Å². The molecule has 0 saturated carbocycles. The van der Waals surface area contributed by atoms with Gasteiger partial charge in [-0.2, -0.15) is 0 Å². The van der Waals surface area contributed by atoms with Crippen molar-refractivity contribution in [2.45, 2.75) is 26.6 Å². The zero-order chi connectivity index (χ0) is 14.4. The first-order valence-electron chi connectivity index (χ1n) is 6.64. The number of aliphatic hydroxyl groups excluding tert-OH is 1. The predicted octanol–water partition coefficient (Wildman–Crippen LogP) is 2.85. The van der Waals surface area contributed by atoms with Crippen molar-refractivity contribution in [1.82, 2.24) is 0 Å². The molecular formula is C16H20O4. The maximum Gasteiger partial charge on any atom is 0.129 e. The molecule has 0 bridgehead atoms. The van der Waals surface area contributed by atoms with Gasteiger partial charge in [-0.3, -0.25) is 0 Å². The van der Waals surface area contributed by atoms with Crippen LogP contribution in [0.2, 0.25) is 0 Å². The van der Waals surface area contributed by atoms with Crippen LogP contribution >= 0.6 is 0 Å². The fourth-order valence-corrected chi connectivity index (χ4v) is 1.80. The van der Waals surface area contributed by atoms with Crippen LogP contribution in [-0.4, -0.2) is 24.4 Å². The van der Waals surface area contributed by atoms with Gasteiger partial charge in [0.25, 0.3) is 0 Å². The Hall–Kier alpha value is -1.78. The van der Waals surface area contributed by atoms with Crippen molar-refractivity contribution in [3.05, 3.63) is 53.5 Å². The smallest absolute Gasteiger partial charge is 0.129 e. The number of furan rings is 1. The number of rotatable bonds is 7. The Bertz CT molecular complexity index is 519. The highest BCUT2D eigenvalue weighted by Crippen LogP contribution is 2.20. The lowest BCUT2D eigenvalue weighted by Gasteiger charge is -2.14. The molecule has 1 aromatic carbocycles. The number of aliphatic hydroxyl groups is 1. The van der Waals surface area contributed by atoms with Gasteiger partial charge in [0.15, 0.2) is 0 Å². The Morgan fingerprint density at radius 3 is 2.75 bits per heavy atom. The first-order chi connectivity index (χ1) is 9.66. The summed E-state index contributed by atoms with van der Waals surface area (Å²) < 4.78 is 16.1. The maximum atomic E-state index is 9.82. The minimum atomic E-state index is -0.662. The predicted molar refractivity (Wildman–Crippen MR) is 75.8 cm³/mol. The van der Waals surface area contributed by atoms with Gasteiger partial charge >= 0.3 is 0 Å². The van der Waals surface area contributed by atoms with Crippen LogP contribution in [0.4, 0.5) is 0 Å². The second-order valence-corrected chi connectivity index (χ2v) is 4.76. The molecule has 4 heteroatoms. The second kappa shape index (κ2) is 7.12. The van der Waals surface area contributed by atoms with Crippen LogP contribution in [0.15, 0.2) is 41.0 Å². The average molecular weight is 276 g/mol. The Balaban J connectivity index is 1.72. The highest BCUT2D eigenvalue weighted by molar-refractivity contribution is 5.38. The van der Waals surface area contributed by atoms with Crippen LogP contribution < -0.4 is 4.74 Å². The van der Waals surface area contributed by atoms with E-state index in [2.05, 4.69) is 0 Å². The van der Waals surface area contributed by atoms with Crippen LogP contribution in [0.5, 0.6) is 5.75 Å². The summed E-state index contributed by atoms with van der Waals surface area (Å²) >= 11 is 0. The Morgan fingerprint density at radius 2 is 2.00 bits per heavy atom. The largest absolute Gasteiger partial charge is 0.491 e. The Labute approximate surface area is 118 Å². The molecule has 0 aliphatic carbocycles. The molecular weight excluding hydrogens is 256 g/mol. The molecule has 1 N–H and O–H groups in total.